The number of phenols is 8. The Balaban J connectivity index is 0.000000218. The van der Waals surface area contributed by atoms with Crippen LogP contribution in [0.4, 0.5) is 0 Å². The molecule has 8 N–H and O–H groups in total. The Morgan fingerprint density at radius 2 is 0.355 bits per heavy atom. The number of aryl methyl sites for hydroxylation is 4. The van der Waals surface area contributed by atoms with Gasteiger partial charge in [0.25, 0.3) is 0 Å². The molecule has 0 aliphatic heterocycles. The minimum Gasteiger partial charge on any atom is -0.508 e. The first-order valence-corrected chi connectivity index (χ1v) is 19.0. The zero-order chi connectivity index (χ0) is 43.3. The second-order valence-electron chi connectivity index (χ2n) is 14.2. The molecule has 0 saturated heterocycles. The molecule has 0 aliphatic rings. The highest BCUT2D eigenvalue weighted by atomic mass is 32.1. The van der Waals surface area contributed by atoms with E-state index < -0.39 is 0 Å². The first kappa shape index (κ1) is 49.2. The van der Waals surface area contributed by atoms with Crippen molar-refractivity contribution < 1.29 is 40.9 Å². The lowest BCUT2D eigenvalue weighted by Crippen LogP contribution is -1.82. The summed E-state index contributed by atoms with van der Waals surface area (Å²) < 4.78 is 0. The van der Waals surface area contributed by atoms with Crippen LogP contribution in [-0.2, 0) is 0 Å². The van der Waals surface area contributed by atoms with E-state index in [1.807, 2.05) is 125 Å². The van der Waals surface area contributed by atoms with Crippen molar-refractivity contribution >= 4 is 27.0 Å². The van der Waals surface area contributed by atoms with Crippen molar-refractivity contribution in [2.45, 2.75) is 27.7 Å². The molecule has 0 unspecified atom stereocenters. The summed E-state index contributed by atoms with van der Waals surface area (Å²) in [5, 5.41) is 74.2. The predicted molar refractivity (Wildman–Crippen MR) is 261 cm³/mol. The first-order valence-electron chi connectivity index (χ1n) is 19.0. The van der Waals surface area contributed by atoms with Crippen LogP contribution in [0, 0.1) is 27.7 Å². The quantitative estimate of drug-likeness (QED) is 0.0867. The molecule has 0 spiro atoms. The van der Waals surface area contributed by atoms with E-state index in [4.69, 9.17) is 20.4 Å². The zero-order valence-corrected chi connectivity index (χ0v) is 36.7. The Labute approximate surface area is 376 Å². The van der Waals surface area contributed by atoms with Crippen LogP contribution in [0.1, 0.15) is 22.3 Å². The Hall–Kier alpha value is -7.14. The minimum atomic E-state index is 0. The normalized spacial score (nSPS) is 9.87. The maximum atomic E-state index is 9.45. The topological polar surface area (TPSA) is 162 Å². The molecule has 0 aromatic heterocycles. The van der Waals surface area contributed by atoms with Crippen molar-refractivity contribution in [2.24, 2.45) is 0 Å². The Bertz CT molecular complexity index is 2270. The highest BCUT2D eigenvalue weighted by Crippen LogP contribution is 2.30. The molecule has 320 valence electrons. The van der Waals surface area contributed by atoms with E-state index >= 15 is 0 Å². The fraction of sp³-hybridized carbons (Fsp3) is 0.0769. The van der Waals surface area contributed by atoms with Gasteiger partial charge in [-0.15, -0.1) is 0 Å². The third-order valence-corrected chi connectivity index (χ3v) is 9.59. The van der Waals surface area contributed by atoms with E-state index in [9.17, 15) is 20.4 Å². The van der Waals surface area contributed by atoms with E-state index in [1.54, 1.807) is 72.8 Å². The van der Waals surface area contributed by atoms with Gasteiger partial charge in [0.2, 0.25) is 0 Å². The fourth-order valence-electron chi connectivity index (χ4n) is 5.96. The number of rotatable bonds is 4. The van der Waals surface area contributed by atoms with Gasteiger partial charge in [0.1, 0.15) is 46.0 Å². The van der Waals surface area contributed by atoms with Gasteiger partial charge in [-0.3, -0.25) is 0 Å². The predicted octanol–water partition coefficient (Wildman–Crippen LogP) is 12.5. The van der Waals surface area contributed by atoms with Crippen LogP contribution < -0.4 is 0 Å². The molecule has 8 rings (SSSR count). The second-order valence-corrected chi connectivity index (χ2v) is 14.2. The maximum absolute atomic E-state index is 9.45. The standard InChI is InChI=1S/2C14H14O2.2C12H10O2.2H2S/c2*1-9-7-11(3-5-13(9)15)12-4-6-14(16)10(2)8-12;2*13-11-5-1-9(2-6-11)10-3-7-12(14)8-4-10;;/h2*3-8,15-16H,1-2H3;2*1-8,13-14H;2*1H2. The highest BCUT2D eigenvalue weighted by Gasteiger charge is 2.05. The van der Waals surface area contributed by atoms with Crippen molar-refractivity contribution in [3.63, 3.8) is 0 Å². The van der Waals surface area contributed by atoms with Gasteiger partial charge in [-0.25, -0.2) is 0 Å². The number of benzene rings is 8. The van der Waals surface area contributed by atoms with Gasteiger partial charge >= 0.3 is 0 Å². The summed E-state index contributed by atoms with van der Waals surface area (Å²) in [6.45, 7) is 7.47. The Morgan fingerprint density at radius 3 is 0.500 bits per heavy atom. The molecule has 8 nitrogen and oxygen atoms in total. The van der Waals surface area contributed by atoms with Crippen molar-refractivity contribution in [1.82, 2.24) is 0 Å². The van der Waals surface area contributed by atoms with E-state index in [0.717, 1.165) is 66.8 Å². The summed E-state index contributed by atoms with van der Waals surface area (Å²) in [5.74, 6) is 2.25. The molecular formula is C52H52O8S2. The van der Waals surface area contributed by atoms with Gasteiger partial charge in [0.15, 0.2) is 0 Å². The monoisotopic (exact) mass is 868 g/mol. The second kappa shape index (κ2) is 23.0. The van der Waals surface area contributed by atoms with Crippen LogP contribution in [0.25, 0.3) is 44.5 Å². The van der Waals surface area contributed by atoms with E-state index in [2.05, 4.69) is 0 Å². The Morgan fingerprint density at radius 1 is 0.210 bits per heavy atom. The third-order valence-electron chi connectivity index (χ3n) is 9.59. The zero-order valence-electron chi connectivity index (χ0n) is 34.7. The fourth-order valence-corrected chi connectivity index (χ4v) is 5.96. The van der Waals surface area contributed by atoms with E-state index in [1.165, 1.54) is 0 Å². The van der Waals surface area contributed by atoms with E-state index in [-0.39, 0.29) is 50.0 Å². The summed E-state index contributed by atoms with van der Waals surface area (Å²) in [5.41, 5.74) is 11.6. The lowest BCUT2D eigenvalue weighted by molar-refractivity contribution is 0.470. The van der Waals surface area contributed by atoms with Crippen LogP contribution >= 0.6 is 27.0 Å². The van der Waals surface area contributed by atoms with Gasteiger partial charge in [-0.2, -0.15) is 27.0 Å². The summed E-state index contributed by atoms with van der Waals surface area (Å²) in [6.07, 6.45) is 0. The third kappa shape index (κ3) is 14.0. The highest BCUT2D eigenvalue weighted by molar-refractivity contribution is 7.59. The van der Waals surface area contributed by atoms with Gasteiger partial charge in [-0.1, -0.05) is 72.8 Å². The largest absolute Gasteiger partial charge is 0.508 e. The van der Waals surface area contributed by atoms with Crippen molar-refractivity contribution in [1.29, 1.82) is 0 Å². The lowest BCUT2D eigenvalue weighted by Gasteiger charge is -2.06. The van der Waals surface area contributed by atoms with Crippen LogP contribution in [0.5, 0.6) is 46.0 Å². The van der Waals surface area contributed by atoms with Gasteiger partial charge in [-0.05, 0) is 192 Å². The summed E-state index contributed by atoms with van der Waals surface area (Å²) in [7, 11) is 0. The van der Waals surface area contributed by atoms with Crippen LogP contribution in [0.15, 0.2) is 170 Å². The molecule has 0 atom stereocenters. The molecule has 0 aliphatic carbocycles. The molecule has 0 saturated carbocycles. The van der Waals surface area contributed by atoms with Gasteiger partial charge in [0, 0.05) is 0 Å². The smallest absolute Gasteiger partial charge is 0.118 e. The first-order chi connectivity index (χ1) is 28.7. The minimum absolute atomic E-state index is 0. The van der Waals surface area contributed by atoms with Crippen molar-refractivity contribution in [3.05, 3.63) is 192 Å². The SMILES string of the molecule is Cc1cc(-c2ccc(O)c(C)c2)ccc1O.Cc1cc(-c2ccc(O)c(C)c2)ccc1O.Oc1ccc(-c2ccc(O)cc2)cc1.Oc1ccc(-c2ccc(O)cc2)cc1.S.S. The summed E-state index contributed by atoms with van der Waals surface area (Å²) >= 11 is 0. The van der Waals surface area contributed by atoms with Gasteiger partial charge < -0.3 is 40.9 Å². The van der Waals surface area contributed by atoms with Gasteiger partial charge in [0.05, 0.1) is 0 Å². The molecule has 8 aromatic carbocycles. The number of phenolic OH excluding ortho intramolecular Hbond substituents is 8. The molecule has 10 heteroatoms. The van der Waals surface area contributed by atoms with Crippen molar-refractivity contribution in [3.8, 4) is 90.5 Å². The number of aromatic hydroxyl groups is 8. The average Bonchev–Trinajstić information content (AvgIpc) is 3.24. The van der Waals surface area contributed by atoms with Crippen LogP contribution in [0.3, 0.4) is 0 Å². The molecule has 0 amide bonds. The van der Waals surface area contributed by atoms with Crippen LogP contribution in [0.2, 0.25) is 0 Å². The lowest BCUT2D eigenvalue weighted by atomic mass is 10.0. The van der Waals surface area contributed by atoms with Crippen LogP contribution in [-0.4, -0.2) is 40.9 Å². The molecule has 8 aromatic rings. The maximum Gasteiger partial charge on any atom is 0.118 e. The van der Waals surface area contributed by atoms with E-state index in [0.29, 0.717) is 23.0 Å². The molecular weight excluding hydrogens is 817 g/mol. The molecule has 0 bridgehead atoms. The summed E-state index contributed by atoms with van der Waals surface area (Å²) in [4.78, 5) is 0. The summed E-state index contributed by atoms with van der Waals surface area (Å²) in [6, 6.07) is 49.8. The molecule has 0 fully saturated rings. The number of hydrogen-bond acceptors (Lipinski definition) is 8. The molecule has 0 radical (unpaired) electrons. The molecule has 0 heterocycles. The Kier molecular flexibility index (Phi) is 18.3. The number of hydrogen-bond donors (Lipinski definition) is 8. The van der Waals surface area contributed by atoms with Crippen molar-refractivity contribution in [2.75, 3.05) is 0 Å². The molecule has 62 heavy (non-hydrogen) atoms. The average molecular weight is 869 g/mol.